The van der Waals surface area contributed by atoms with E-state index in [1.807, 2.05) is 24.3 Å². The van der Waals surface area contributed by atoms with Gasteiger partial charge in [0.15, 0.2) is 23.0 Å². The Morgan fingerprint density at radius 1 is 1.12 bits per heavy atom. The Labute approximate surface area is 119 Å². The molecule has 1 heterocycles. The molecule has 0 amide bonds. The maximum Gasteiger partial charge on any atom is 0.326 e. The van der Waals surface area contributed by atoms with Gasteiger partial charge in [0.1, 0.15) is 0 Å². The van der Waals surface area contributed by atoms with Gasteiger partial charge in [-0.3, -0.25) is 0 Å². The van der Waals surface area contributed by atoms with Gasteiger partial charge in [0.25, 0.3) is 0 Å². The summed E-state index contributed by atoms with van der Waals surface area (Å²) < 4.78 is 4.90. The molecule has 2 aromatic rings. The van der Waals surface area contributed by atoms with Crippen LogP contribution in [0.2, 0.25) is 5.02 Å². The van der Waals surface area contributed by atoms with Gasteiger partial charge in [-0.25, -0.2) is 9.97 Å². The SMILES string of the molecule is CC(c1ccc(Cl)cc1)c1cnc(OI)nc1. The lowest BCUT2D eigenvalue weighted by Crippen LogP contribution is -1.98. The second-order valence-corrected chi connectivity index (χ2v) is 4.53. The highest BCUT2D eigenvalue weighted by molar-refractivity contribution is 14.1. The quantitative estimate of drug-likeness (QED) is 0.776. The van der Waals surface area contributed by atoms with E-state index in [1.54, 1.807) is 35.4 Å². The molecule has 0 saturated heterocycles. The fourth-order valence-electron chi connectivity index (χ4n) is 1.53. The summed E-state index contributed by atoms with van der Waals surface area (Å²) >= 11 is 7.62. The van der Waals surface area contributed by atoms with Crippen molar-refractivity contribution in [2.75, 3.05) is 0 Å². The summed E-state index contributed by atoms with van der Waals surface area (Å²) in [7, 11) is 0. The molecule has 1 aromatic carbocycles. The molecule has 3 nitrogen and oxygen atoms in total. The molecule has 2 rings (SSSR count). The molecule has 0 spiro atoms. The number of hydrogen-bond donors (Lipinski definition) is 0. The van der Waals surface area contributed by atoms with E-state index in [1.165, 1.54) is 5.56 Å². The first-order chi connectivity index (χ1) is 8.20. The minimum atomic E-state index is 0.232. The van der Waals surface area contributed by atoms with Crippen molar-refractivity contribution in [3.8, 4) is 6.01 Å². The highest BCUT2D eigenvalue weighted by Gasteiger charge is 2.09. The van der Waals surface area contributed by atoms with Crippen LogP contribution in [0.4, 0.5) is 0 Å². The molecule has 1 unspecified atom stereocenters. The topological polar surface area (TPSA) is 35.0 Å². The smallest absolute Gasteiger partial charge is 0.326 e. The van der Waals surface area contributed by atoms with Gasteiger partial charge in [0, 0.05) is 23.3 Å². The number of halogens is 2. The standard InChI is InChI=1S/C12H10ClIN2O/c1-8(9-2-4-11(13)5-3-9)10-6-15-12(17-14)16-7-10/h2-8H,1H3. The molecule has 88 valence electrons. The maximum absolute atomic E-state index is 5.86. The molecule has 0 bridgehead atoms. The van der Waals surface area contributed by atoms with Crippen molar-refractivity contribution in [2.45, 2.75) is 12.8 Å². The Morgan fingerprint density at radius 3 is 2.24 bits per heavy atom. The third-order valence-electron chi connectivity index (χ3n) is 2.59. The average Bonchev–Trinajstić information content (AvgIpc) is 2.39. The zero-order valence-corrected chi connectivity index (χ0v) is 12.0. The van der Waals surface area contributed by atoms with Crippen LogP contribution in [0.3, 0.4) is 0 Å². The van der Waals surface area contributed by atoms with E-state index in [4.69, 9.17) is 14.7 Å². The summed E-state index contributed by atoms with van der Waals surface area (Å²) in [6, 6.07) is 8.16. The van der Waals surface area contributed by atoms with Crippen molar-refractivity contribution in [2.24, 2.45) is 0 Å². The van der Waals surface area contributed by atoms with Crippen LogP contribution in [0.25, 0.3) is 0 Å². The van der Waals surface area contributed by atoms with Crippen molar-refractivity contribution >= 4 is 34.6 Å². The van der Waals surface area contributed by atoms with Crippen molar-refractivity contribution in [1.82, 2.24) is 9.97 Å². The van der Waals surface area contributed by atoms with Crippen LogP contribution >= 0.6 is 34.6 Å². The molecule has 5 heteroatoms. The van der Waals surface area contributed by atoms with E-state index in [-0.39, 0.29) is 5.92 Å². The fraction of sp³-hybridized carbons (Fsp3) is 0.167. The van der Waals surface area contributed by atoms with Gasteiger partial charge in [-0.15, -0.1) is 0 Å². The summed E-state index contributed by atoms with van der Waals surface area (Å²) in [5, 5.41) is 0.742. The number of hydrogen-bond acceptors (Lipinski definition) is 3. The predicted octanol–water partition coefficient (Wildman–Crippen LogP) is 4.01. The molecule has 1 atom stereocenters. The van der Waals surface area contributed by atoms with Crippen LogP contribution < -0.4 is 3.07 Å². The fourth-order valence-corrected chi connectivity index (χ4v) is 1.89. The normalized spacial score (nSPS) is 12.2. The van der Waals surface area contributed by atoms with E-state index in [0.717, 1.165) is 10.6 Å². The van der Waals surface area contributed by atoms with Crippen LogP contribution in [0.5, 0.6) is 6.01 Å². The minimum Gasteiger partial charge on any atom is -0.392 e. The summed E-state index contributed by atoms with van der Waals surface area (Å²) in [4.78, 5) is 8.19. The van der Waals surface area contributed by atoms with Crippen molar-refractivity contribution in [3.05, 3.63) is 52.8 Å². The highest BCUT2D eigenvalue weighted by atomic mass is 127. The summed E-state index contributed by atoms with van der Waals surface area (Å²) in [5.74, 6) is 0.232. The van der Waals surface area contributed by atoms with Crippen LogP contribution in [-0.2, 0) is 0 Å². The third-order valence-corrected chi connectivity index (χ3v) is 3.23. The van der Waals surface area contributed by atoms with Gasteiger partial charge < -0.3 is 3.07 Å². The minimum absolute atomic E-state index is 0.232. The Morgan fingerprint density at radius 2 is 1.71 bits per heavy atom. The Hall–Kier alpha value is -0.880. The number of rotatable bonds is 3. The first kappa shape index (κ1) is 12.6. The van der Waals surface area contributed by atoms with Gasteiger partial charge >= 0.3 is 6.01 Å². The predicted molar refractivity (Wildman–Crippen MR) is 75.6 cm³/mol. The van der Waals surface area contributed by atoms with Crippen molar-refractivity contribution in [1.29, 1.82) is 0 Å². The summed E-state index contributed by atoms with van der Waals surface area (Å²) in [6.07, 6.45) is 3.56. The third kappa shape index (κ3) is 3.07. The largest absolute Gasteiger partial charge is 0.392 e. The Balaban J connectivity index is 2.23. The molecule has 0 fully saturated rings. The van der Waals surface area contributed by atoms with E-state index in [2.05, 4.69) is 16.9 Å². The lowest BCUT2D eigenvalue weighted by Gasteiger charge is -2.11. The van der Waals surface area contributed by atoms with Crippen molar-refractivity contribution < 1.29 is 3.07 Å². The highest BCUT2D eigenvalue weighted by Crippen LogP contribution is 2.24. The van der Waals surface area contributed by atoms with E-state index in [0.29, 0.717) is 6.01 Å². The lowest BCUT2D eigenvalue weighted by molar-refractivity contribution is 0.639. The number of nitrogens with zero attached hydrogens (tertiary/aromatic N) is 2. The zero-order valence-electron chi connectivity index (χ0n) is 9.10. The second kappa shape index (κ2) is 5.64. The molecular weight excluding hydrogens is 351 g/mol. The van der Waals surface area contributed by atoms with E-state index >= 15 is 0 Å². The Bertz CT molecular complexity index is 487. The Kier molecular flexibility index (Phi) is 4.17. The molecule has 1 aromatic heterocycles. The molecule has 0 aliphatic carbocycles. The maximum atomic E-state index is 5.86. The molecule has 0 N–H and O–H groups in total. The van der Waals surface area contributed by atoms with Gasteiger partial charge in [0.05, 0.1) is 0 Å². The average molecular weight is 361 g/mol. The monoisotopic (exact) mass is 360 g/mol. The lowest BCUT2D eigenvalue weighted by atomic mass is 9.96. The van der Waals surface area contributed by atoms with E-state index < -0.39 is 0 Å². The van der Waals surface area contributed by atoms with Gasteiger partial charge in [0.2, 0.25) is 0 Å². The zero-order chi connectivity index (χ0) is 12.3. The van der Waals surface area contributed by atoms with Crippen LogP contribution in [0, 0.1) is 0 Å². The van der Waals surface area contributed by atoms with Gasteiger partial charge in [-0.05, 0) is 23.3 Å². The molecule has 17 heavy (non-hydrogen) atoms. The van der Waals surface area contributed by atoms with Gasteiger partial charge in [-0.1, -0.05) is 30.7 Å². The van der Waals surface area contributed by atoms with Crippen LogP contribution in [0.1, 0.15) is 24.0 Å². The molecular formula is C12H10ClIN2O. The first-order valence-electron chi connectivity index (χ1n) is 5.06. The molecule has 0 radical (unpaired) electrons. The molecule has 0 aliphatic rings. The van der Waals surface area contributed by atoms with Crippen LogP contribution in [0.15, 0.2) is 36.7 Å². The summed E-state index contributed by atoms with van der Waals surface area (Å²) in [6.45, 7) is 2.10. The second-order valence-electron chi connectivity index (χ2n) is 3.65. The van der Waals surface area contributed by atoms with Gasteiger partial charge in [-0.2, -0.15) is 0 Å². The van der Waals surface area contributed by atoms with Crippen LogP contribution in [-0.4, -0.2) is 9.97 Å². The number of aromatic nitrogens is 2. The first-order valence-corrected chi connectivity index (χ1v) is 6.32. The van der Waals surface area contributed by atoms with E-state index in [9.17, 15) is 0 Å². The molecule has 0 saturated carbocycles. The molecule has 0 aliphatic heterocycles. The number of benzene rings is 1. The summed E-state index contributed by atoms with van der Waals surface area (Å²) in [5.41, 5.74) is 2.23. The van der Waals surface area contributed by atoms with Crippen molar-refractivity contribution in [3.63, 3.8) is 0 Å².